The van der Waals surface area contributed by atoms with Crippen LogP contribution in [0, 0.1) is 18.6 Å². The maximum Gasteiger partial charge on any atom is 0.160 e. The molecule has 0 fully saturated rings. The second-order valence-corrected chi connectivity index (χ2v) is 4.99. The van der Waals surface area contributed by atoms with Crippen molar-refractivity contribution in [2.45, 2.75) is 20.3 Å². The monoisotopic (exact) mass is 328 g/mol. The Kier molecular flexibility index (Phi) is 3.80. The third kappa shape index (κ3) is 2.73. The quantitative estimate of drug-likeness (QED) is 0.866. The molecule has 0 radical (unpaired) electrons. The van der Waals surface area contributed by atoms with Gasteiger partial charge in [0.05, 0.1) is 11.4 Å². The number of carbonyl (C=O) groups excluding carboxylic acids is 1. The summed E-state index contributed by atoms with van der Waals surface area (Å²) in [6.07, 6.45) is 0.246. The average molecular weight is 329 g/mol. The first-order valence-electron chi connectivity index (χ1n) is 5.59. The van der Waals surface area contributed by atoms with Crippen LogP contribution in [-0.4, -0.2) is 15.6 Å². The molecular weight excluding hydrogens is 318 g/mol. The summed E-state index contributed by atoms with van der Waals surface area (Å²) in [5.74, 6) is -1.84. The van der Waals surface area contributed by atoms with E-state index in [0.29, 0.717) is 16.0 Å². The maximum atomic E-state index is 13.2. The van der Waals surface area contributed by atoms with Gasteiger partial charge in [0, 0.05) is 18.1 Å². The first-order valence-corrected chi connectivity index (χ1v) is 6.38. The number of benzene rings is 1. The molecular formula is C13H11BrF2N2O. The number of aryl methyl sites for hydroxylation is 1. The van der Waals surface area contributed by atoms with Gasteiger partial charge in [0.2, 0.25) is 0 Å². The highest BCUT2D eigenvalue weighted by molar-refractivity contribution is 9.10. The van der Waals surface area contributed by atoms with E-state index in [0.717, 1.165) is 17.7 Å². The first kappa shape index (κ1) is 13.9. The van der Waals surface area contributed by atoms with E-state index in [4.69, 9.17) is 0 Å². The van der Waals surface area contributed by atoms with Crippen molar-refractivity contribution >= 4 is 21.7 Å². The second kappa shape index (κ2) is 5.21. The predicted octanol–water partition coefficient (Wildman–Crippen LogP) is 3.35. The Morgan fingerprint density at radius 3 is 2.63 bits per heavy atom. The molecule has 1 aromatic heterocycles. The van der Waals surface area contributed by atoms with E-state index in [1.807, 2.05) is 0 Å². The van der Waals surface area contributed by atoms with Crippen molar-refractivity contribution in [2.24, 2.45) is 0 Å². The SMILES string of the molecule is CC(=O)Cc1c(C)nn(-c2ccc(F)c(F)c2)c1Br. The van der Waals surface area contributed by atoms with Crippen molar-refractivity contribution in [3.05, 3.63) is 45.7 Å². The molecule has 19 heavy (non-hydrogen) atoms. The molecule has 0 unspecified atom stereocenters. The van der Waals surface area contributed by atoms with Gasteiger partial charge in [-0.15, -0.1) is 0 Å². The van der Waals surface area contributed by atoms with Gasteiger partial charge >= 0.3 is 0 Å². The van der Waals surface area contributed by atoms with E-state index in [1.165, 1.54) is 17.7 Å². The van der Waals surface area contributed by atoms with E-state index in [1.54, 1.807) is 6.92 Å². The molecule has 2 aromatic rings. The lowest BCUT2D eigenvalue weighted by Crippen LogP contribution is -2.00. The van der Waals surface area contributed by atoms with Crippen LogP contribution in [-0.2, 0) is 11.2 Å². The van der Waals surface area contributed by atoms with Crippen molar-refractivity contribution in [1.82, 2.24) is 9.78 Å². The lowest BCUT2D eigenvalue weighted by Gasteiger charge is -2.04. The van der Waals surface area contributed by atoms with Gasteiger partial charge < -0.3 is 0 Å². The molecule has 0 N–H and O–H groups in total. The summed E-state index contributed by atoms with van der Waals surface area (Å²) in [5.41, 5.74) is 1.81. The molecule has 0 aliphatic carbocycles. The molecule has 1 heterocycles. The predicted molar refractivity (Wildman–Crippen MR) is 70.3 cm³/mol. The van der Waals surface area contributed by atoms with Gasteiger partial charge in [-0.2, -0.15) is 5.10 Å². The fraction of sp³-hybridized carbons (Fsp3) is 0.231. The van der Waals surface area contributed by atoms with E-state index < -0.39 is 11.6 Å². The highest BCUT2D eigenvalue weighted by atomic mass is 79.9. The Morgan fingerprint density at radius 2 is 2.05 bits per heavy atom. The number of halogens is 3. The molecule has 0 atom stereocenters. The number of ketones is 1. The minimum absolute atomic E-state index is 0.00800. The van der Waals surface area contributed by atoms with Gasteiger partial charge in [0.1, 0.15) is 10.4 Å². The smallest absolute Gasteiger partial charge is 0.160 e. The average Bonchev–Trinajstić information content (AvgIpc) is 2.60. The van der Waals surface area contributed by atoms with Crippen LogP contribution in [0.4, 0.5) is 8.78 Å². The van der Waals surface area contributed by atoms with Crippen LogP contribution in [0.25, 0.3) is 5.69 Å². The zero-order chi connectivity index (χ0) is 14.2. The van der Waals surface area contributed by atoms with Crippen LogP contribution in [0.15, 0.2) is 22.8 Å². The number of hydrogen-bond acceptors (Lipinski definition) is 2. The molecule has 0 spiro atoms. The molecule has 0 aliphatic rings. The van der Waals surface area contributed by atoms with Crippen LogP contribution in [0.2, 0.25) is 0 Å². The number of Topliss-reactive ketones (excluding diaryl/α,β-unsaturated/α-hetero) is 1. The Hall–Kier alpha value is -1.56. The van der Waals surface area contributed by atoms with Crippen LogP contribution >= 0.6 is 15.9 Å². The fourth-order valence-corrected chi connectivity index (χ4v) is 2.48. The Balaban J connectivity index is 2.51. The molecule has 0 saturated carbocycles. The highest BCUT2D eigenvalue weighted by Gasteiger charge is 2.16. The minimum atomic E-state index is -0.939. The lowest BCUT2D eigenvalue weighted by atomic mass is 10.1. The molecule has 0 aliphatic heterocycles. The number of carbonyl (C=O) groups is 1. The van der Waals surface area contributed by atoms with Crippen molar-refractivity contribution in [3.8, 4) is 5.69 Å². The summed E-state index contributed by atoms with van der Waals surface area (Å²) in [6.45, 7) is 3.25. The zero-order valence-electron chi connectivity index (χ0n) is 10.4. The van der Waals surface area contributed by atoms with Crippen LogP contribution in [0.3, 0.4) is 0 Å². The van der Waals surface area contributed by atoms with Gasteiger partial charge in [-0.3, -0.25) is 4.79 Å². The van der Waals surface area contributed by atoms with Crippen molar-refractivity contribution in [2.75, 3.05) is 0 Å². The van der Waals surface area contributed by atoms with Gasteiger partial charge in [0.25, 0.3) is 0 Å². The second-order valence-electron chi connectivity index (χ2n) is 4.24. The summed E-state index contributed by atoms with van der Waals surface area (Å²) in [6, 6.07) is 3.52. The normalized spacial score (nSPS) is 10.8. The molecule has 100 valence electrons. The molecule has 0 bridgehead atoms. The number of nitrogens with zero attached hydrogens (tertiary/aromatic N) is 2. The van der Waals surface area contributed by atoms with Crippen LogP contribution in [0.1, 0.15) is 18.2 Å². The zero-order valence-corrected chi connectivity index (χ0v) is 12.0. The number of aromatic nitrogens is 2. The van der Waals surface area contributed by atoms with E-state index in [-0.39, 0.29) is 12.2 Å². The Labute approximate surface area is 117 Å². The molecule has 2 rings (SSSR count). The molecule has 0 saturated heterocycles. The van der Waals surface area contributed by atoms with E-state index in [2.05, 4.69) is 21.0 Å². The third-order valence-electron chi connectivity index (χ3n) is 2.70. The van der Waals surface area contributed by atoms with E-state index in [9.17, 15) is 13.6 Å². The van der Waals surface area contributed by atoms with Gasteiger partial charge in [-0.1, -0.05) is 0 Å². The van der Waals surface area contributed by atoms with Crippen LogP contribution in [0.5, 0.6) is 0 Å². The molecule has 0 amide bonds. The lowest BCUT2D eigenvalue weighted by molar-refractivity contribution is -0.116. The topological polar surface area (TPSA) is 34.9 Å². The summed E-state index contributed by atoms with van der Waals surface area (Å²) < 4.78 is 28.2. The van der Waals surface area contributed by atoms with Crippen molar-refractivity contribution in [1.29, 1.82) is 0 Å². The van der Waals surface area contributed by atoms with Gasteiger partial charge in [0.15, 0.2) is 11.6 Å². The maximum absolute atomic E-state index is 13.2. The van der Waals surface area contributed by atoms with E-state index >= 15 is 0 Å². The standard InChI is InChI=1S/C13H11BrF2N2O/c1-7(19)5-10-8(2)17-18(13(10)14)9-3-4-11(15)12(16)6-9/h3-4,6H,5H2,1-2H3. The number of hydrogen-bond donors (Lipinski definition) is 0. The van der Waals surface area contributed by atoms with Crippen LogP contribution < -0.4 is 0 Å². The summed E-state index contributed by atoms with van der Waals surface area (Å²) in [5, 5.41) is 4.23. The fourth-order valence-electron chi connectivity index (χ4n) is 1.77. The molecule has 6 heteroatoms. The number of rotatable bonds is 3. The molecule has 3 nitrogen and oxygen atoms in total. The third-order valence-corrected chi connectivity index (χ3v) is 3.51. The minimum Gasteiger partial charge on any atom is -0.300 e. The molecule has 1 aromatic carbocycles. The Bertz CT molecular complexity index is 652. The van der Waals surface area contributed by atoms with Crippen molar-refractivity contribution in [3.63, 3.8) is 0 Å². The van der Waals surface area contributed by atoms with Gasteiger partial charge in [-0.05, 0) is 41.9 Å². The van der Waals surface area contributed by atoms with Gasteiger partial charge in [-0.25, -0.2) is 13.5 Å². The first-order chi connectivity index (χ1) is 8.90. The summed E-state index contributed by atoms with van der Waals surface area (Å²) >= 11 is 3.34. The Morgan fingerprint density at radius 1 is 1.37 bits per heavy atom. The summed E-state index contributed by atoms with van der Waals surface area (Å²) in [7, 11) is 0. The summed E-state index contributed by atoms with van der Waals surface area (Å²) in [4.78, 5) is 11.2. The highest BCUT2D eigenvalue weighted by Crippen LogP contribution is 2.25. The van der Waals surface area contributed by atoms with Crippen molar-refractivity contribution < 1.29 is 13.6 Å². The largest absolute Gasteiger partial charge is 0.300 e.